The van der Waals surface area contributed by atoms with E-state index in [1.165, 1.54) is 0 Å². The fourth-order valence-corrected chi connectivity index (χ4v) is 0.715. The molecular weight excluding hydrogens is 199 g/mol. The van der Waals surface area contributed by atoms with Crippen LogP contribution in [-0.4, -0.2) is 11.8 Å². The molecule has 0 aliphatic heterocycles. The summed E-state index contributed by atoms with van der Waals surface area (Å²) in [4.78, 5) is 21.1. The SMILES string of the molecule is NNC(=O)CCCCC(=O)NN.[H-].[K+]. The molecule has 6 nitrogen and oxygen atoms in total. The molecule has 0 heterocycles. The summed E-state index contributed by atoms with van der Waals surface area (Å²) in [5.74, 6) is 9.24. The van der Waals surface area contributed by atoms with E-state index in [0.29, 0.717) is 25.7 Å². The van der Waals surface area contributed by atoms with E-state index in [1.54, 1.807) is 0 Å². The van der Waals surface area contributed by atoms with Crippen molar-refractivity contribution in [3.63, 3.8) is 0 Å². The summed E-state index contributed by atoms with van der Waals surface area (Å²) in [6, 6.07) is 0. The molecule has 13 heavy (non-hydrogen) atoms. The Kier molecular flexibility index (Phi) is 13.0. The van der Waals surface area contributed by atoms with Crippen molar-refractivity contribution in [2.45, 2.75) is 25.7 Å². The zero-order valence-corrected chi connectivity index (χ0v) is 10.9. The Labute approximate surface area is 121 Å². The summed E-state index contributed by atoms with van der Waals surface area (Å²) in [5.41, 5.74) is 4.01. The molecular formula is C6H15KN4O2. The fraction of sp³-hybridized carbons (Fsp3) is 0.667. The molecule has 6 N–H and O–H groups in total. The molecule has 0 aliphatic rings. The Morgan fingerprint density at radius 2 is 1.31 bits per heavy atom. The molecule has 0 saturated heterocycles. The topological polar surface area (TPSA) is 110 Å². The van der Waals surface area contributed by atoms with Crippen LogP contribution in [0.1, 0.15) is 27.1 Å². The molecule has 0 spiro atoms. The van der Waals surface area contributed by atoms with E-state index in [4.69, 9.17) is 11.7 Å². The first-order valence-electron chi connectivity index (χ1n) is 3.69. The molecule has 0 unspecified atom stereocenters. The summed E-state index contributed by atoms with van der Waals surface area (Å²) in [6.45, 7) is 0. The number of carbonyl (C=O) groups excluding carboxylic acids is 2. The van der Waals surface area contributed by atoms with Gasteiger partial charge in [-0.05, 0) is 12.8 Å². The second-order valence-corrected chi connectivity index (χ2v) is 2.34. The van der Waals surface area contributed by atoms with Crippen LogP contribution >= 0.6 is 0 Å². The predicted molar refractivity (Wildman–Crippen MR) is 44.2 cm³/mol. The number of unbranched alkanes of at least 4 members (excludes halogenated alkanes) is 1. The second kappa shape index (κ2) is 10.6. The number of hydrogen-bond donors (Lipinski definition) is 4. The van der Waals surface area contributed by atoms with Crippen LogP contribution in [0.2, 0.25) is 0 Å². The van der Waals surface area contributed by atoms with Gasteiger partial charge in [0, 0.05) is 12.8 Å². The van der Waals surface area contributed by atoms with Gasteiger partial charge in [-0.15, -0.1) is 0 Å². The number of nitrogens with one attached hydrogen (secondary N) is 2. The average molecular weight is 214 g/mol. The average Bonchev–Trinajstić information content (AvgIpc) is 2.11. The largest absolute Gasteiger partial charge is 1.00 e. The Hall–Kier alpha value is 0.496. The van der Waals surface area contributed by atoms with Gasteiger partial charge in [0.1, 0.15) is 0 Å². The number of carbonyl (C=O) groups is 2. The third-order valence-corrected chi connectivity index (χ3v) is 1.38. The van der Waals surface area contributed by atoms with Crippen molar-refractivity contribution < 1.29 is 62.4 Å². The van der Waals surface area contributed by atoms with Crippen LogP contribution < -0.4 is 73.9 Å². The quantitative estimate of drug-likeness (QED) is 0.122. The van der Waals surface area contributed by atoms with Crippen molar-refractivity contribution in [3.05, 3.63) is 0 Å². The van der Waals surface area contributed by atoms with Crippen LogP contribution in [0.15, 0.2) is 0 Å². The number of hydrazine groups is 2. The minimum atomic E-state index is -0.219. The molecule has 2 amide bonds. The van der Waals surface area contributed by atoms with Crippen LogP contribution in [-0.2, 0) is 9.59 Å². The monoisotopic (exact) mass is 214 g/mol. The Balaban J connectivity index is -0.000000605. The van der Waals surface area contributed by atoms with E-state index in [2.05, 4.69) is 0 Å². The molecule has 72 valence electrons. The van der Waals surface area contributed by atoms with Crippen LogP contribution in [0, 0.1) is 0 Å². The third kappa shape index (κ3) is 10.4. The number of rotatable bonds is 5. The van der Waals surface area contributed by atoms with E-state index in [-0.39, 0.29) is 64.6 Å². The molecule has 0 fully saturated rings. The van der Waals surface area contributed by atoms with Gasteiger partial charge in [0.25, 0.3) is 0 Å². The van der Waals surface area contributed by atoms with Crippen molar-refractivity contribution in [1.82, 2.24) is 10.9 Å². The van der Waals surface area contributed by atoms with E-state index in [1.807, 2.05) is 10.9 Å². The van der Waals surface area contributed by atoms with Gasteiger partial charge < -0.3 is 1.43 Å². The predicted octanol–water partition coefficient (Wildman–Crippen LogP) is -4.36. The van der Waals surface area contributed by atoms with Gasteiger partial charge in [-0.25, -0.2) is 11.7 Å². The van der Waals surface area contributed by atoms with Crippen molar-refractivity contribution in [2.24, 2.45) is 11.7 Å². The molecule has 0 aromatic heterocycles. The summed E-state index contributed by atoms with van der Waals surface area (Å²) in [6.07, 6.45) is 1.95. The van der Waals surface area contributed by atoms with Gasteiger partial charge in [-0.3, -0.25) is 20.4 Å². The van der Waals surface area contributed by atoms with Gasteiger partial charge >= 0.3 is 51.4 Å². The van der Waals surface area contributed by atoms with Crippen molar-refractivity contribution in [1.29, 1.82) is 0 Å². The van der Waals surface area contributed by atoms with E-state index in [0.717, 1.165) is 0 Å². The first-order valence-corrected chi connectivity index (χ1v) is 3.69. The van der Waals surface area contributed by atoms with Crippen LogP contribution in [0.25, 0.3) is 0 Å². The first-order chi connectivity index (χ1) is 5.70. The molecule has 0 rings (SSSR count). The number of hydrogen-bond acceptors (Lipinski definition) is 4. The number of amides is 2. The smallest absolute Gasteiger partial charge is 1.00 e. The standard InChI is InChI=1S/C6H14N4O2.K.H/c7-9-5(11)3-1-2-4-6(12)10-8;;/h1-4,7-8H2,(H,9,11)(H,10,12);;/q;+1;-1. The van der Waals surface area contributed by atoms with Gasteiger partial charge in [0.15, 0.2) is 0 Å². The van der Waals surface area contributed by atoms with Gasteiger partial charge in [-0.1, -0.05) is 0 Å². The maximum atomic E-state index is 10.6. The normalized spacial score (nSPS) is 8.46. The maximum Gasteiger partial charge on any atom is 1.00 e. The Morgan fingerprint density at radius 1 is 1.00 bits per heavy atom. The minimum Gasteiger partial charge on any atom is -1.00 e. The Bertz CT molecular complexity index is 152. The third-order valence-electron chi connectivity index (χ3n) is 1.38. The molecule has 0 radical (unpaired) electrons. The van der Waals surface area contributed by atoms with Gasteiger partial charge in [0.2, 0.25) is 11.8 Å². The number of nitrogens with two attached hydrogens (primary N) is 2. The summed E-state index contributed by atoms with van der Waals surface area (Å²) in [5, 5.41) is 0. The zero-order valence-electron chi connectivity index (χ0n) is 8.80. The molecule has 0 aliphatic carbocycles. The minimum absolute atomic E-state index is 0. The van der Waals surface area contributed by atoms with Crippen LogP contribution in [0.4, 0.5) is 0 Å². The second-order valence-electron chi connectivity index (χ2n) is 2.34. The van der Waals surface area contributed by atoms with Crippen molar-refractivity contribution in [3.8, 4) is 0 Å². The molecule has 7 heteroatoms. The first kappa shape index (κ1) is 15.9. The Morgan fingerprint density at radius 3 is 1.54 bits per heavy atom. The molecule has 0 atom stereocenters. The van der Waals surface area contributed by atoms with Gasteiger partial charge in [0.05, 0.1) is 0 Å². The van der Waals surface area contributed by atoms with E-state index >= 15 is 0 Å². The summed E-state index contributed by atoms with van der Waals surface area (Å²) in [7, 11) is 0. The van der Waals surface area contributed by atoms with Crippen molar-refractivity contribution >= 4 is 11.8 Å². The van der Waals surface area contributed by atoms with E-state index < -0.39 is 0 Å². The molecule has 0 bridgehead atoms. The van der Waals surface area contributed by atoms with E-state index in [9.17, 15) is 9.59 Å². The summed E-state index contributed by atoms with van der Waals surface area (Å²) >= 11 is 0. The van der Waals surface area contributed by atoms with Crippen molar-refractivity contribution in [2.75, 3.05) is 0 Å². The fourth-order valence-electron chi connectivity index (χ4n) is 0.715. The molecule has 0 aromatic rings. The molecule has 0 saturated carbocycles. The van der Waals surface area contributed by atoms with Gasteiger partial charge in [-0.2, -0.15) is 0 Å². The summed E-state index contributed by atoms with van der Waals surface area (Å²) < 4.78 is 0. The maximum absolute atomic E-state index is 10.6. The van der Waals surface area contributed by atoms with Crippen LogP contribution in [0.5, 0.6) is 0 Å². The van der Waals surface area contributed by atoms with Crippen LogP contribution in [0.3, 0.4) is 0 Å². The zero-order chi connectivity index (χ0) is 9.40. The molecule has 0 aromatic carbocycles.